The number of piperidine rings is 1. The van der Waals surface area contributed by atoms with Crippen molar-refractivity contribution in [2.45, 2.75) is 44.4 Å². The molecule has 5 nitrogen and oxygen atoms in total. The van der Waals surface area contributed by atoms with Crippen LogP contribution in [0.4, 0.5) is 0 Å². The minimum absolute atomic E-state index is 0.139. The monoisotopic (exact) mass is 266 g/mol. The van der Waals surface area contributed by atoms with Gasteiger partial charge in [-0.25, -0.2) is 0 Å². The zero-order chi connectivity index (χ0) is 13.8. The molecule has 1 fully saturated rings. The standard InChI is InChI=1S/C14H26N4O/c1-4-13(15)14(11-8-16-17(2)9-11)18-7-5-6-12(10-18)19-3/h8-9,12-14H,4-7,10,15H2,1-3H3. The molecule has 1 aromatic rings. The van der Waals surface area contributed by atoms with Gasteiger partial charge in [-0.3, -0.25) is 9.58 Å². The summed E-state index contributed by atoms with van der Waals surface area (Å²) in [4.78, 5) is 2.46. The first-order chi connectivity index (χ1) is 9.15. The zero-order valence-corrected chi connectivity index (χ0v) is 12.2. The van der Waals surface area contributed by atoms with E-state index in [1.165, 1.54) is 12.0 Å². The molecule has 0 aromatic carbocycles. The lowest BCUT2D eigenvalue weighted by atomic mass is 9.96. The third-order valence-corrected chi connectivity index (χ3v) is 4.08. The van der Waals surface area contributed by atoms with Crippen LogP contribution >= 0.6 is 0 Å². The molecule has 2 heterocycles. The predicted octanol–water partition coefficient (Wildman–Crippen LogP) is 1.31. The van der Waals surface area contributed by atoms with Crippen molar-refractivity contribution < 1.29 is 4.74 Å². The van der Waals surface area contributed by atoms with Gasteiger partial charge in [0.15, 0.2) is 0 Å². The predicted molar refractivity (Wildman–Crippen MR) is 75.8 cm³/mol. The van der Waals surface area contributed by atoms with Crippen LogP contribution in [0.2, 0.25) is 0 Å². The third-order valence-electron chi connectivity index (χ3n) is 4.08. The van der Waals surface area contributed by atoms with Crippen LogP contribution in [0.3, 0.4) is 0 Å². The number of aryl methyl sites for hydroxylation is 1. The minimum atomic E-state index is 0.139. The third kappa shape index (κ3) is 3.35. The van der Waals surface area contributed by atoms with Gasteiger partial charge in [0.1, 0.15) is 0 Å². The second-order valence-electron chi connectivity index (χ2n) is 5.46. The molecule has 2 rings (SSSR count). The number of nitrogens with zero attached hydrogens (tertiary/aromatic N) is 3. The number of hydrogen-bond acceptors (Lipinski definition) is 4. The van der Waals surface area contributed by atoms with Crippen LogP contribution in [-0.4, -0.2) is 47.0 Å². The number of methoxy groups -OCH3 is 1. The van der Waals surface area contributed by atoms with Crippen LogP contribution in [-0.2, 0) is 11.8 Å². The summed E-state index contributed by atoms with van der Waals surface area (Å²) in [6.07, 6.45) is 7.64. The van der Waals surface area contributed by atoms with Crippen molar-refractivity contribution in [1.29, 1.82) is 0 Å². The van der Waals surface area contributed by atoms with E-state index in [9.17, 15) is 0 Å². The van der Waals surface area contributed by atoms with E-state index in [0.717, 1.165) is 25.9 Å². The van der Waals surface area contributed by atoms with Gasteiger partial charge in [-0.1, -0.05) is 6.92 Å². The van der Waals surface area contributed by atoms with Crippen LogP contribution in [0, 0.1) is 0 Å². The lowest BCUT2D eigenvalue weighted by Gasteiger charge is -2.39. The first-order valence-electron chi connectivity index (χ1n) is 7.16. The van der Waals surface area contributed by atoms with Crippen LogP contribution in [0.25, 0.3) is 0 Å². The molecule has 0 radical (unpaired) electrons. The highest BCUT2D eigenvalue weighted by atomic mass is 16.5. The molecular weight excluding hydrogens is 240 g/mol. The van der Waals surface area contributed by atoms with E-state index in [0.29, 0.717) is 6.10 Å². The fraction of sp³-hybridized carbons (Fsp3) is 0.786. The van der Waals surface area contributed by atoms with Crippen LogP contribution in [0.5, 0.6) is 0 Å². The Labute approximate surface area is 115 Å². The summed E-state index contributed by atoms with van der Waals surface area (Å²) in [6, 6.07) is 0.386. The Kier molecular flexibility index (Phi) is 4.96. The molecule has 0 aliphatic carbocycles. The number of likely N-dealkylation sites (tertiary alicyclic amines) is 1. The van der Waals surface area contributed by atoms with E-state index in [4.69, 9.17) is 10.5 Å². The highest BCUT2D eigenvalue weighted by molar-refractivity contribution is 5.14. The second-order valence-corrected chi connectivity index (χ2v) is 5.46. The maximum Gasteiger partial charge on any atom is 0.0698 e. The molecule has 0 bridgehead atoms. The van der Waals surface area contributed by atoms with E-state index < -0.39 is 0 Å². The Balaban J connectivity index is 2.17. The number of nitrogens with two attached hydrogens (primary N) is 1. The SMILES string of the molecule is CCC(N)C(c1cnn(C)c1)N1CCCC(OC)C1. The summed E-state index contributed by atoms with van der Waals surface area (Å²) < 4.78 is 7.37. The summed E-state index contributed by atoms with van der Waals surface area (Å²) in [7, 11) is 3.75. The molecule has 0 saturated carbocycles. The van der Waals surface area contributed by atoms with Gasteiger partial charge in [-0.15, -0.1) is 0 Å². The van der Waals surface area contributed by atoms with Crippen molar-refractivity contribution in [3.8, 4) is 0 Å². The normalized spacial score (nSPS) is 24.3. The molecule has 0 spiro atoms. The van der Waals surface area contributed by atoms with Gasteiger partial charge >= 0.3 is 0 Å². The highest BCUT2D eigenvalue weighted by Crippen LogP contribution is 2.28. The first kappa shape index (κ1) is 14.5. The van der Waals surface area contributed by atoms with E-state index in [1.54, 1.807) is 7.11 Å². The minimum Gasteiger partial charge on any atom is -0.380 e. The van der Waals surface area contributed by atoms with Gasteiger partial charge in [-0.2, -0.15) is 5.10 Å². The van der Waals surface area contributed by atoms with Crippen LogP contribution in [0.15, 0.2) is 12.4 Å². The van der Waals surface area contributed by atoms with Crippen molar-refractivity contribution in [2.75, 3.05) is 20.2 Å². The molecule has 1 aliphatic heterocycles. The molecule has 108 valence electrons. The summed E-state index contributed by atoms with van der Waals surface area (Å²) in [5.41, 5.74) is 7.57. The molecule has 3 unspecified atom stereocenters. The summed E-state index contributed by atoms with van der Waals surface area (Å²) in [5.74, 6) is 0. The van der Waals surface area contributed by atoms with Gasteiger partial charge in [0.05, 0.1) is 18.3 Å². The fourth-order valence-electron chi connectivity index (χ4n) is 2.96. The molecule has 1 aliphatic rings. The number of rotatable bonds is 5. The van der Waals surface area contributed by atoms with Crippen LogP contribution in [0.1, 0.15) is 37.8 Å². The highest BCUT2D eigenvalue weighted by Gasteiger charge is 2.30. The largest absolute Gasteiger partial charge is 0.380 e. The molecule has 1 aromatic heterocycles. The molecule has 5 heteroatoms. The maximum absolute atomic E-state index is 6.36. The molecule has 0 amide bonds. The summed E-state index contributed by atoms with van der Waals surface area (Å²) in [6.45, 7) is 4.20. The second kappa shape index (κ2) is 6.50. The first-order valence-corrected chi connectivity index (χ1v) is 7.16. The number of aromatic nitrogens is 2. The Morgan fingerprint density at radius 1 is 1.58 bits per heavy atom. The lowest BCUT2D eigenvalue weighted by molar-refractivity contribution is 0.00898. The van der Waals surface area contributed by atoms with Crippen molar-refractivity contribution in [1.82, 2.24) is 14.7 Å². The molecular formula is C14H26N4O. The van der Waals surface area contributed by atoms with Gasteiger partial charge in [0, 0.05) is 38.5 Å². The Bertz CT molecular complexity index is 393. The van der Waals surface area contributed by atoms with E-state index in [-0.39, 0.29) is 12.1 Å². The summed E-state index contributed by atoms with van der Waals surface area (Å²) >= 11 is 0. The van der Waals surface area contributed by atoms with Gasteiger partial charge in [0.25, 0.3) is 0 Å². The topological polar surface area (TPSA) is 56.3 Å². The quantitative estimate of drug-likeness (QED) is 0.873. The average molecular weight is 266 g/mol. The Morgan fingerprint density at radius 3 is 2.95 bits per heavy atom. The smallest absolute Gasteiger partial charge is 0.0698 e. The molecule has 1 saturated heterocycles. The van der Waals surface area contributed by atoms with Gasteiger partial charge in [0.2, 0.25) is 0 Å². The van der Waals surface area contributed by atoms with Crippen molar-refractivity contribution in [3.05, 3.63) is 18.0 Å². The van der Waals surface area contributed by atoms with E-state index in [2.05, 4.69) is 23.1 Å². The molecule has 19 heavy (non-hydrogen) atoms. The number of hydrogen-bond donors (Lipinski definition) is 1. The molecule has 2 N–H and O–H groups in total. The Morgan fingerprint density at radius 2 is 2.37 bits per heavy atom. The number of ether oxygens (including phenoxy) is 1. The van der Waals surface area contributed by atoms with Crippen molar-refractivity contribution in [2.24, 2.45) is 12.8 Å². The van der Waals surface area contributed by atoms with Crippen molar-refractivity contribution in [3.63, 3.8) is 0 Å². The average Bonchev–Trinajstić information content (AvgIpc) is 2.85. The van der Waals surface area contributed by atoms with E-state index >= 15 is 0 Å². The fourth-order valence-corrected chi connectivity index (χ4v) is 2.96. The Hall–Kier alpha value is -0.910. The van der Waals surface area contributed by atoms with E-state index in [1.807, 2.05) is 17.9 Å². The van der Waals surface area contributed by atoms with Crippen molar-refractivity contribution >= 4 is 0 Å². The van der Waals surface area contributed by atoms with Gasteiger partial charge in [-0.05, 0) is 25.8 Å². The molecule has 3 atom stereocenters. The van der Waals surface area contributed by atoms with Gasteiger partial charge < -0.3 is 10.5 Å². The van der Waals surface area contributed by atoms with Crippen LogP contribution < -0.4 is 5.73 Å². The lowest BCUT2D eigenvalue weighted by Crippen LogP contribution is -2.47. The maximum atomic E-state index is 6.36. The summed E-state index contributed by atoms with van der Waals surface area (Å²) in [5, 5.41) is 4.29. The zero-order valence-electron chi connectivity index (χ0n) is 12.2.